The third-order valence-electron chi connectivity index (χ3n) is 6.16. The van der Waals surface area contributed by atoms with Gasteiger partial charge in [0.25, 0.3) is 11.6 Å². The SMILES string of the molecule is CCCN(CC(=O)N1CCc2sccc2C1c1ccccc1)C(=O)c1ccc(C)c([N+](=O)[O-])c1. The van der Waals surface area contributed by atoms with Crippen molar-refractivity contribution in [3.8, 4) is 0 Å². The Morgan fingerprint density at radius 1 is 1.18 bits per heavy atom. The van der Waals surface area contributed by atoms with E-state index in [1.54, 1.807) is 30.4 Å². The molecule has 0 aliphatic carbocycles. The van der Waals surface area contributed by atoms with Gasteiger partial charge in [0.15, 0.2) is 0 Å². The molecule has 34 heavy (non-hydrogen) atoms. The fourth-order valence-electron chi connectivity index (χ4n) is 4.48. The van der Waals surface area contributed by atoms with Crippen molar-refractivity contribution in [2.24, 2.45) is 0 Å². The first-order valence-electron chi connectivity index (χ1n) is 11.4. The van der Waals surface area contributed by atoms with Crippen LogP contribution in [0.4, 0.5) is 5.69 Å². The van der Waals surface area contributed by atoms with Crippen molar-refractivity contribution in [3.05, 3.63) is 97.2 Å². The van der Waals surface area contributed by atoms with E-state index in [9.17, 15) is 19.7 Å². The second kappa shape index (κ2) is 10.2. The molecule has 176 valence electrons. The largest absolute Gasteiger partial charge is 0.330 e. The van der Waals surface area contributed by atoms with Crippen LogP contribution in [0.15, 0.2) is 60.0 Å². The number of thiophene rings is 1. The molecule has 0 spiro atoms. The number of nitro benzene ring substituents is 1. The van der Waals surface area contributed by atoms with Crippen LogP contribution in [0.2, 0.25) is 0 Å². The summed E-state index contributed by atoms with van der Waals surface area (Å²) < 4.78 is 0. The molecule has 2 aromatic carbocycles. The summed E-state index contributed by atoms with van der Waals surface area (Å²) in [5.41, 5.74) is 2.79. The first kappa shape index (κ1) is 23.6. The van der Waals surface area contributed by atoms with Crippen molar-refractivity contribution in [2.75, 3.05) is 19.6 Å². The lowest BCUT2D eigenvalue weighted by atomic mass is 9.93. The Balaban J connectivity index is 1.60. The quantitative estimate of drug-likeness (QED) is 0.354. The summed E-state index contributed by atoms with van der Waals surface area (Å²) in [6.07, 6.45) is 1.46. The van der Waals surface area contributed by atoms with Crippen molar-refractivity contribution in [2.45, 2.75) is 32.7 Å². The fourth-order valence-corrected chi connectivity index (χ4v) is 5.38. The highest BCUT2D eigenvalue weighted by Gasteiger charge is 2.34. The predicted molar refractivity (Wildman–Crippen MR) is 132 cm³/mol. The van der Waals surface area contributed by atoms with Crippen LogP contribution in [0.1, 0.15) is 51.3 Å². The third kappa shape index (κ3) is 4.72. The minimum atomic E-state index is -0.488. The summed E-state index contributed by atoms with van der Waals surface area (Å²) >= 11 is 1.71. The van der Waals surface area contributed by atoms with E-state index >= 15 is 0 Å². The van der Waals surface area contributed by atoms with Crippen molar-refractivity contribution >= 4 is 28.8 Å². The lowest BCUT2D eigenvalue weighted by Crippen LogP contribution is -2.47. The minimum absolute atomic E-state index is 0.0723. The highest BCUT2D eigenvalue weighted by molar-refractivity contribution is 7.10. The standard InChI is InChI=1S/C26H27N3O4S/c1-3-13-27(26(31)20-10-9-18(2)22(16-20)29(32)33)17-24(30)28-14-11-23-21(12-15-34-23)25(28)19-7-5-4-6-8-19/h4-10,12,15-16,25H,3,11,13-14,17H2,1-2H3. The van der Waals surface area contributed by atoms with Crippen LogP contribution in [0.5, 0.6) is 0 Å². The van der Waals surface area contributed by atoms with Crippen LogP contribution in [-0.2, 0) is 11.2 Å². The van der Waals surface area contributed by atoms with Gasteiger partial charge in [-0.2, -0.15) is 0 Å². The minimum Gasteiger partial charge on any atom is -0.330 e. The Morgan fingerprint density at radius 3 is 2.65 bits per heavy atom. The average Bonchev–Trinajstić information content (AvgIpc) is 3.32. The number of nitro groups is 1. The number of benzene rings is 2. The van der Waals surface area contributed by atoms with E-state index < -0.39 is 4.92 Å². The second-order valence-electron chi connectivity index (χ2n) is 8.43. The molecule has 0 bridgehead atoms. The van der Waals surface area contributed by atoms with Gasteiger partial charge in [0, 0.05) is 35.2 Å². The molecule has 7 nitrogen and oxygen atoms in total. The first-order chi connectivity index (χ1) is 16.4. The number of nitrogens with zero attached hydrogens (tertiary/aromatic N) is 3. The van der Waals surface area contributed by atoms with Gasteiger partial charge in [0.1, 0.15) is 6.54 Å². The van der Waals surface area contributed by atoms with Crippen LogP contribution in [-0.4, -0.2) is 46.2 Å². The average molecular weight is 478 g/mol. The third-order valence-corrected chi connectivity index (χ3v) is 7.16. The molecule has 2 heterocycles. The summed E-state index contributed by atoms with van der Waals surface area (Å²) in [4.78, 5) is 42.4. The van der Waals surface area contributed by atoms with Crippen LogP contribution < -0.4 is 0 Å². The maximum atomic E-state index is 13.6. The molecule has 4 rings (SSSR count). The molecule has 2 amide bonds. The molecule has 8 heteroatoms. The highest BCUT2D eigenvalue weighted by atomic mass is 32.1. The van der Waals surface area contributed by atoms with Crippen molar-refractivity contribution in [1.82, 2.24) is 9.80 Å². The van der Waals surface area contributed by atoms with Crippen molar-refractivity contribution in [3.63, 3.8) is 0 Å². The summed E-state index contributed by atoms with van der Waals surface area (Å²) in [5, 5.41) is 13.4. The maximum Gasteiger partial charge on any atom is 0.273 e. The van der Waals surface area contributed by atoms with Crippen molar-refractivity contribution < 1.29 is 14.5 Å². The molecule has 1 unspecified atom stereocenters. The molecule has 0 N–H and O–H groups in total. The summed E-state index contributed by atoms with van der Waals surface area (Å²) in [6, 6.07) is 16.3. The molecule has 0 fully saturated rings. The number of hydrogen-bond acceptors (Lipinski definition) is 5. The van der Waals surface area contributed by atoms with Gasteiger partial charge in [-0.05, 0) is 48.4 Å². The van der Waals surface area contributed by atoms with Gasteiger partial charge in [-0.1, -0.05) is 43.3 Å². The van der Waals surface area contributed by atoms with Gasteiger partial charge in [0.2, 0.25) is 5.91 Å². The van der Waals surface area contributed by atoms with Gasteiger partial charge in [-0.3, -0.25) is 19.7 Å². The first-order valence-corrected chi connectivity index (χ1v) is 12.2. The molecule has 0 saturated carbocycles. The predicted octanol–water partition coefficient (Wildman–Crippen LogP) is 4.99. The zero-order valence-corrected chi connectivity index (χ0v) is 20.1. The summed E-state index contributed by atoms with van der Waals surface area (Å²) in [5.74, 6) is -0.503. The smallest absolute Gasteiger partial charge is 0.273 e. The number of aryl methyl sites for hydroxylation is 1. The van der Waals surface area contributed by atoms with E-state index in [1.807, 2.05) is 42.2 Å². The number of hydrogen-bond donors (Lipinski definition) is 0. The van der Waals surface area contributed by atoms with Crippen LogP contribution >= 0.6 is 11.3 Å². The Kier molecular flexibility index (Phi) is 7.07. The second-order valence-corrected chi connectivity index (χ2v) is 9.44. The van der Waals surface area contributed by atoms with Gasteiger partial charge in [-0.25, -0.2) is 0 Å². The molecule has 1 aromatic heterocycles. The number of fused-ring (bicyclic) bond motifs is 1. The van der Waals surface area contributed by atoms with E-state index in [0.29, 0.717) is 25.1 Å². The van der Waals surface area contributed by atoms with Crippen molar-refractivity contribution in [1.29, 1.82) is 0 Å². The normalized spacial score (nSPS) is 15.0. The number of amides is 2. The summed E-state index contributed by atoms with van der Waals surface area (Å²) in [7, 11) is 0. The van der Waals surface area contributed by atoms with Gasteiger partial charge < -0.3 is 9.80 Å². The van der Waals surface area contributed by atoms with Gasteiger partial charge >= 0.3 is 0 Å². The molecule has 0 saturated heterocycles. The number of carbonyl (C=O) groups is 2. The van der Waals surface area contributed by atoms with Crippen LogP contribution in [0, 0.1) is 17.0 Å². The molecule has 1 atom stereocenters. The van der Waals surface area contributed by atoms with E-state index in [1.165, 1.54) is 15.8 Å². The highest BCUT2D eigenvalue weighted by Crippen LogP contribution is 2.37. The Bertz CT molecular complexity index is 1210. The van der Waals surface area contributed by atoms with Crippen LogP contribution in [0.25, 0.3) is 0 Å². The van der Waals surface area contributed by atoms with E-state index in [2.05, 4.69) is 11.4 Å². The number of carbonyl (C=O) groups excluding carboxylic acids is 2. The van der Waals surface area contributed by atoms with E-state index in [-0.39, 0.29) is 35.7 Å². The van der Waals surface area contributed by atoms with Crippen LogP contribution in [0.3, 0.4) is 0 Å². The number of rotatable bonds is 7. The van der Waals surface area contributed by atoms with E-state index in [0.717, 1.165) is 17.5 Å². The van der Waals surface area contributed by atoms with E-state index in [4.69, 9.17) is 0 Å². The monoisotopic (exact) mass is 477 g/mol. The molecule has 3 aromatic rings. The van der Waals surface area contributed by atoms with Gasteiger partial charge in [-0.15, -0.1) is 11.3 Å². The Labute approximate surface area is 202 Å². The molecule has 0 radical (unpaired) electrons. The Morgan fingerprint density at radius 2 is 1.94 bits per heavy atom. The molecular weight excluding hydrogens is 450 g/mol. The lowest BCUT2D eigenvalue weighted by Gasteiger charge is -2.37. The lowest BCUT2D eigenvalue weighted by molar-refractivity contribution is -0.385. The maximum absolute atomic E-state index is 13.6. The fraction of sp³-hybridized carbons (Fsp3) is 0.308. The molecule has 1 aliphatic rings. The zero-order valence-electron chi connectivity index (χ0n) is 19.3. The van der Waals surface area contributed by atoms with Gasteiger partial charge in [0.05, 0.1) is 11.0 Å². The Hall–Kier alpha value is -3.52. The zero-order chi connectivity index (χ0) is 24.2. The molecule has 1 aliphatic heterocycles. The topological polar surface area (TPSA) is 83.8 Å². The summed E-state index contributed by atoms with van der Waals surface area (Å²) in [6.45, 7) is 4.47. The molecular formula is C26H27N3O4S.